The lowest BCUT2D eigenvalue weighted by atomic mass is 10.1. The van der Waals surface area contributed by atoms with E-state index in [0.717, 1.165) is 0 Å². The van der Waals surface area contributed by atoms with E-state index in [4.69, 9.17) is 51.5 Å². The largest absolute Gasteiger partial charge is 0.379 e. The SMILES string of the molecule is O=C1C(Cl)=C(Cl)C(Cl)=C(Cl)C1O. The molecular formula is C6H2Cl4O2. The van der Waals surface area contributed by atoms with Gasteiger partial charge >= 0.3 is 0 Å². The quantitative estimate of drug-likeness (QED) is 0.714. The predicted molar refractivity (Wildman–Crippen MR) is 48.5 cm³/mol. The lowest BCUT2D eigenvalue weighted by Crippen LogP contribution is -2.25. The predicted octanol–water partition coefficient (Wildman–Crippen LogP) is 2.31. The van der Waals surface area contributed by atoms with Gasteiger partial charge in [-0.15, -0.1) is 0 Å². The second kappa shape index (κ2) is 3.56. The van der Waals surface area contributed by atoms with Crippen molar-refractivity contribution in [1.29, 1.82) is 0 Å². The molecule has 66 valence electrons. The molecule has 0 saturated heterocycles. The molecule has 1 N–H and O–H groups in total. The van der Waals surface area contributed by atoms with Crippen LogP contribution in [-0.4, -0.2) is 17.0 Å². The molecule has 1 aliphatic rings. The molecule has 1 rings (SSSR count). The third-order valence-corrected chi connectivity index (χ3v) is 3.13. The van der Waals surface area contributed by atoms with E-state index in [-0.39, 0.29) is 20.1 Å². The fourth-order valence-corrected chi connectivity index (χ4v) is 1.55. The monoisotopic (exact) mass is 246 g/mol. The standard InChI is InChI=1S/C6H2Cl4O2/c7-1-2(8)4(10)6(12)5(11)3(1)9/h5,11H. The Morgan fingerprint density at radius 3 is 2.00 bits per heavy atom. The van der Waals surface area contributed by atoms with Crippen LogP contribution in [0.1, 0.15) is 0 Å². The summed E-state index contributed by atoms with van der Waals surface area (Å²) in [6, 6.07) is 0. The Kier molecular flexibility index (Phi) is 3.07. The maximum Gasteiger partial charge on any atom is 0.209 e. The van der Waals surface area contributed by atoms with Crippen LogP contribution in [0.3, 0.4) is 0 Å². The summed E-state index contributed by atoms with van der Waals surface area (Å²) in [5.74, 6) is -0.740. The fourth-order valence-electron chi connectivity index (χ4n) is 0.665. The third-order valence-electron chi connectivity index (χ3n) is 1.30. The number of allylic oxidation sites excluding steroid dienone is 2. The first-order valence-corrected chi connectivity index (χ1v) is 4.31. The summed E-state index contributed by atoms with van der Waals surface area (Å²) in [5.41, 5.74) is 0. The first-order chi connectivity index (χ1) is 5.46. The highest BCUT2D eigenvalue weighted by Gasteiger charge is 2.32. The van der Waals surface area contributed by atoms with Crippen LogP contribution in [0.25, 0.3) is 0 Å². The van der Waals surface area contributed by atoms with E-state index in [2.05, 4.69) is 0 Å². The third kappa shape index (κ3) is 1.50. The maximum atomic E-state index is 11.0. The Balaban J connectivity index is 3.27. The molecule has 0 aromatic heterocycles. The molecular weight excluding hydrogens is 246 g/mol. The number of ketones is 1. The maximum absolute atomic E-state index is 11.0. The van der Waals surface area contributed by atoms with Crippen molar-refractivity contribution >= 4 is 52.2 Å². The molecule has 0 aromatic rings. The zero-order chi connectivity index (χ0) is 9.46. The molecule has 1 unspecified atom stereocenters. The highest BCUT2D eigenvalue weighted by Crippen LogP contribution is 2.36. The Labute approximate surface area is 88.3 Å². The van der Waals surface area contributed by atoms with Crippen molar-refractivity contribution in [2.45, 2.75) is 6.10 Å². The number of carbonyl (C=O) groups is 1. The van der Waals surface area contributed by atoms with Gasteiger partial charge in [0.1, 0.15) is 5.03 Å². The van der Waals surface area contributed by atoms with E-state index >= 15 is 0 Å². The highest BCUT2D eigenvalue weighted by atomic mass is 35.5. The Bertz CT molecular complexity index is 305. The molecule has 0 spiro atoms. The van der Waals surface area contributed by atoms with E-state index in [1.807, 2.05) is 0 Å². The van der Waals surface area contributed by atoms with Gasteiger partial charge in [-0.2, -0.15) is 0 Å². The second-order valence-corrected chi connectivity index (χ2v) is 3.60. The molecule has 1 aliphatic carbocycles. The normalized spacial score (nSPS) is 25.4. The van der Waals surface area contributed by atoms with E-state index in [1.54, 1.807) is 0 Å². The summed E-state index contributed by atoms with van der Waals surface area (Å²) < 4.78 is 0. The Morgan fingerprint density at radius 1 is 1.00 bits per heavy atom. The van der Waals surface area contributed by atoms with E-state index in [9.17, 15) is 4.79 Å². The smallest absolute Gasteiger partial charge is 0.209 e. The molecule has 1 atom stereocenters. The first kappa shape index (κ1) is 10.4. The van der Waals surface area contributed by atoms with Gasteiger partial charge in [-0.05, 0) is 0 Å². The summed E-state index contributed by atoms with van der Waals surface area (Å²) in [4.78, 5) is 11.0. The van der Waals surface area contributed by atoms with E-state index in [1.165, 1.54) is 0 Å². The number of hydrogen-bond donors (Lipinski definition) is 1. The van der Waals surface area contributed by atoms with Gasteiger partial charge in [-0.3, -0.25) is 4.79 Å². The molecule has 0 saturated carbocycles. The number of aliphatic hydroxyl groups is 1. The number of carbonyl (C=O) groups excluding carboxylic acids is 1. The topological polar surface area (TPSA) is 37.3 Å². The molecule has 12 heavy (non-hydrogen) atoms. The lowest BCUT2D eigenvalue weighted by molar-refractivity contribution is -0.120. The molecule has 0 bridgehead atoms. The summed E-state index contributed by atoms with van der Waals surface area (Å²) >= 11 is 22.0. The van der Waals surface area contributed by atoms with Crippen molar-refractivity contribution in [3.05, 3.63) is 20.1 Å². The molecule has 0 fully saturated rings. The van der Waals surface area contributed by atoms with Crippen LogP contribution in [0.2, 0.25) is 0 Å². The highest BCUT2D eigenvalue weighted by molar-refractivity contribution is 6.57. The number of hydrogen-bond acceptors (Lipinski definition) is 2. The number of aliphatic hydroxyl groups excluding tert-OH is 1. The zero-order valence-electron chi connectivity index (χ0n) is 5.44. The minimum absolute atomic E-state index is 0.0876. The molecule has 0 amide bonds. The van der Waals surface area contributed by atoms with Gasteiger partial charge < -0.3 is 5.11 Å². The van der Waals surface area contributed by atoms with Crippen LogP contribution >= 0.6 is 46.4 Å². The summed E-state index contributed by atoms with van der Waals surface area (Å²) in [7, 11) is 0. The van der Waals surface area contributed by atoms with Crippen LogP contribution in [0, 0.1) is 0 Å². The van der Waals surface area contributed by atoms with Crippen LogP contribution in [0.5, 0.6) is 0 Å². The number of halogens is 4. The first-order valence-electron chi connectivity index (χ1n) is 2.80. The van der Waals surface area contributed by atoms with Gasteiger partial charge in [0.15, 0.2) is 6.10 Å². The van der Waals surface area contributed by atoms with Gasteiger partial charge in [0.25, 0.3) is 0 Å². The average molecular weight is 248 g/mol. The summed E-state index contributed by atoms with van der Waals surface area (Å²) in [6.45, 7) is 0. The van der Waals surface area contributed by atoms with Gasteiger partial charge in [-0.1, -0.05) is 46.4 Å². The van der Waals surface area contributed by atoms with Crippen LogP contribution in [0.4, 0.5) is 0 Å². The van der Waals surface area contributed by atoms with Gasteiger partial charge in [0.2, 0.25) is 5.78 Å². The minimum atomic E-state index is -1.49. The Hall–Kier alpha value is 0.270. The van der Waals surface area contributed by atoms with Gasteiger partial charge in [0, 0.05) is 0 Å². The molecule has 0 aromatic carbocycles. The van der Waals surface area contributed by atoms with Crippen molar-refractivity contribution in [2.75, 3.05) is 0 Å². The lowest BCUT2D eigenvalue weighted by Gasteiger charge is -2.15. The fraction of sp³-hybridized carbons (Fsp3) is 0.167. The minimum Gasteiger partial charge on any atom is -0.379 e. The van der Waals surface area contributed by atoms with E-state index < -0.39 is 11.9 Å². The molecule has 0 heterocycles. The van der Waals surface area contributed by atoms with Crippen LogP contribution in [0.15, 0.2) is 20.1 Å². The molecule has 6 heteroatoms. The zero-order valence-corrected chi connectivity index (χ0v) is 8.47. The van der Waals surface area contributed by atoms with Gasteiger partial charge in [0.05, 0.1) is 15.1 Å². The van der Waals surface area contributed by atoms with Crippen molar-refractivity contribution in [1.82, 2.24) is 0 Å². The van der Waals surface area contributed by atoms with Crippen LogP contribution in [-0.2, 0) is 4.79 Å². The van der Waals surface area contributed by atoms with E-state index in [0.29, 0.717) is 0 Å². The van der Waals surface area contributed by atoms with Gasteiger partial charge in [-0.25, -0.2) is 0 Å². The number of rotatable bonds is 0. The molecule has 2 nitrogen and oxygen atoms in total. The molecule has 0 radical (unpaired) electrons. The Morgan fingerprint density at radius 2 is 1.50 bits per heavy atom. The second-order valence-electron chi connectivity index (χ2n) is 2.06. The van der Waals surface area contributed by atoms with Crippen molar-refractivity contribution in [3.63, 3.8) is 0 Å². The number of Topliss-reactive ketones (excluding diaryl/α,β-unsaturated/α-hetero) is 1. The average Bonchev–Trinajstić information content (AvgIpc) is 2.08. The van der Waals surface area contributed by atoms with Crippen molar-refractivity contribution in [3.8, 4) is 0 Å². The van der Waals surface area contributed by atoms with Crippen molar-refractivity contribution < 1.29 is 9.90 Å². The molecule has 0 aliphatic heterocycles. The summed E-state index contributed by atoms with van der Waals surface area (Å²) in [6.07, 6.45) is -1.49. The van der Waals surface area contributed by atoms with Crippen molar-refractivity contribution in [2.24, 2.45) is 0 Å². The summed E-state index contributed by atoms with van der Waals surface area (Å²) in [5, 5.41) is 8.40. The van der Waals surface area contributed by atoms with Crippen LogP contribution < -0.4 is 0 Å².